The first-order valence-corrected chi connectivity index (χ1v) is 9.28. The quantitative estimate of drug-likeness (QED) is 0.274. The first-order valence-electron chi connectivity index (χ1n) is 7.55. The van der Waals surface area contributed by atoms with Gasteiger partial charge in [0.15, 0.2) is 0 Å². The Hall–Kier alpha value is -1.47. The van der Waals surface area contributed by atoms with Crippen LogP contribution < -0.4 is 11.1 Å². The Kier molecular flexibility index (Phi) is 8.19. The Labute approximate surface area is 136 Å². The number of hydrogen-bond donors (Lipinski definition) is 2. The van der Waals surface area contributed by atoms with Gasteiger partial charge in [-0.05, 0) is 38.4 Å². The van der Waals surface area contributed by atoms with E-state index in [-0.39, 0.29) is 25.1 Å². The third kappa shape index (κ3) is 6.27. The second-order valence-electron chi connectivity index (χ2n) is 4.78. The molecule has 0 radical (unpaired) electrons. The molecule has 0 saturated heterocycles. The second kappa shape index (κ2) is 9.62. The van der Waals surface area contributed by atoms with Gasteiger partial charge in [0.25, 0.3) is 5.69 Å². The monoisotopic (exact) mass is 345 g/mol. The Morgan fingerprint density at radius 3 is 2.48 bits per heavy atom. The molecule has 1 aromatic rings. The molecule has 0 aliphatic rings. The van der Waals surface area contributed by atoms with Crippen LogP contribution in [-0.2, 0) is 19.8 Å². The molecule has 0 fully saturated rings. The molecule has 1 rings (SSSR count). The number of benzene rings is 1. The average Bonchev–Trinajstić information content (AvgIpc) is 2.49. The Bertz CT molecular complexity index is 557. The summed E-state index contributed by atoms with van der Waals surface area (Å²) in [5, 5.41) is 14.2. The van der Waals surface area contributed by atoms with Gasteiger partial charge >= 0.3 is 7.60 Å². The minimum absolute atomic E-state index is 0.00139. The molecule has 0 aliphatic carbocycles. The zero-order valence-electron chi connectivity index (χ0n) is 13.5. The minimum atomic E-state index is -3.29. The van der Waals surface area contributed by atoms with Gasteiger partial charge in [0.05, 0.1) is 24.3 Å². The maximum absolute atomic E-state index is 12.5. The molecule has 1 aromatic carbocycles. The number of nitrogens with one attached hydrogen (secondary N) is 1. The fourth-order valence-electron chi connectivity index (χ4n) is 2.05. The number of nitro benzene ring substituents is 1. The largest absolute Gasteiger partial charge is 0.379 e. The van der Waals surface area contributed by atoms with E-state index in [0.29, 0.717) is 30.8 Å². The fourth-order valence-corrected chi connectivity index (χ4v) is 3.73. The number of nitrogens with two attached hydrogens (primary N) is 1. The molecule has 0 heterocycles. The third-order valence-electron chi connectivity index (χ3n) is 2.98. The maximum atomic E-state index is 12.5. The fraction of sp³-hybridized carbons (Fsp3) is 0.571. The van der Waals surface area contributed by atoms with Crippen LogP contribution >= 0.6 is 7.60 Å². The minimum Gasteiger partial charge on any atom is -0.379 e. The van der Waals surface area contributed by atoms with Crippen molar-refractivity contribution >= 4 is 19.0 Å². The molecule has 9 heteroatoms. The zero-order valence-corrected chi connectivity index (χ0v) is 14.4. The van der Waals surface area contributed by atoms with Crippen LogP contribution in [-0.4, -0.2) is 31.2 Å². The van der Waals surface area contributed by atoms with Crippen LogP contribution in [0.15, 0.2) is 18.2 Å². The first kappa shape index (κ1) is 19.6. The molecule has 0 aromatic heterocycles. The summed E-state index contributed by atoms with van der Waals surface area (Å²) in [6.07, 6.45) is 0.710. The average molecular weight is 345 g/mol. The highest BCUT2D eigenvalue weighted by atomic mass is 31.2. The van der Waals surface area contributed by atoms with Crippen LogP contribution in [0.5, 0.6) is 0 Å². The zero-order chi connectivity index (χ0) is 17.3. The second-order valence-corrected chi connectivity index (χ2v) is 6.84. The number of nitrogens with zero attached hydrogens (tertiary/aromatic N) is 1. The van der Waals surface area contributed by atoms with Gasteiger partial charge in [0, 0.05) is 12.6 Å². The van der Waals surface area contributed by atoms with E-state index in [9.17, 15) is 14.7 Å². The lowest BCUT2D eigenvalue weighted by molar-refractivity contribution is -0.384. The Morgan fingerprint density at radius 1 is 1.30 bits per heavy atom. The van der Waals surface area contributed by atoms with Gasteiger partial charge in [0.1, 0.15) is 5.69 Å². The molecular formula is C14H24N3O5P. The molecule has 0 atom stereocenters. The van der Waals surface area contributed by atoms with Crippen molar-refractivity contribution in [3.05, 3.63) is 33.9 Å². The summed E-state index contributed by atoms with van der Waals surface area (Å²) in [6.45, 7) is 4.99. The summed E-state index contributed by atoms with van der Waals surface area (Å²) in [7, 11) is -3.29. The summed E-state index contributed by atoms with van der Waals surface area (Å²) in [5.74, 6) is 0. The molecule has 0 aliphatic heterocycles. The number of hydrogen-bond acceptors (Lipinski definition) is 7. The van der Waals surface area contributed by atoms with Crippen molar-refractivity contribution < 1.29 is 18.5 Å². The van der Waals surface area contributed by atoms with Crippen molar-refractivity contribution in [1.82, 2.24) is 0 Å². The van der Waals surface area contributed by atoms with Crippen LogP contribution in [0.4, 0.5) is 11.4 Å². The van der Waals surface area contributed by atoms with E-state index < -0.39 is 12.5 Å². The summed E-state index contributed by atoms with van der Waals surface area (Å²) in [4.78, 5) is 10.8. The summed E-state index contributed by atoms with van der Waals surface area (Å²) in [5.41, 5.74) is 6.28. The molecule has 0 spiro atoms. The number of anilines is 1. The predicted octanol–water partition coefficient (Wildman–Crippen LogP) is 3.12. The van der Waals surface area contributed by atoms with Gasteiger partial charge in [-0.15, -0.1) is 0 Å². The van der Waals surface area contributed by atoms with E-state index in [2.05, 4.69) is 5.32 Å². The van der Waals surface area contributed by atoms with E-state index in [1.807, 2.05) is 0 Å². The molecule has 0 saturated carbocycles. The van der Waals surface area contributed by atoms with Crippen molar-refractivity contribution in [3.63, 3.8) is 0 Å². The van der Waals surface area contributed by atoms with Gasteiger partial charge in [-0.2, -0.15) is 0 Å². The summed E-state index contributed by atoms with van der Waals surface area (Å²) >= 11 is 0. The highest BCUT2D eigenvalue weighted by Crippen LogP contribution is 2.51. The molecule has 0 amide bonds. The van der Waals surface area contributed by atoms with Gasteiger partial charge < -0.3 is 20.1 Å². The summed E-state index contributed by atoms with van der Waals surface area (Å²) < 4.78 is 23.0. The molecule has 0 unspecified atom stereocenters. The van der Waals surface area contributed by atoms with E-state index >= 15 is 0 Å². The highest BCUT2D eigenvalue weighted by molar-refractivity contribution is 7.53. The van der Waals surface area contributed by atoms with Crippen molar-refractivity contribution in [2.24, 2.45) is 5.73 Å². The van der Waals surface area contributed by atoms with E-state index in [4.69, 9.17) is 14.8 Å². The Balaban J connectivity index is 2.98. The predicted molar refractivity (Wildman–Crippen MR) is 89.8 cm³/mol. The molecule has 3 N–H and O–H groups in total. The van der Waals surface area contributed by atoms with Crippen LogP contribution in [0.3, 0.4) is 0 Å². The number of nitro groups is 1. The van der Waals surface area contributed by atoms with E-state index in [1.54, 1.807) is 26.0 Å². The lowest BCUT2D eigenvalue weighted by Crippen LogP contribution is -2.10. The molecule has 0 bridgehead atoms. The van der Waals surface area contributed by atoms with Crippen molar-refractivity contribution in [1.29, 1.82) is 0 Å². The van der Waals surface area contributed by atoms with Crippen molar-refractivity contribution in [3.8, 4) is 0 Å². The lowest BCUT2D eigenvalue weighted by Gasteiger charge is -2.17. The van der Waals surface area contributed by atoms with Crippen molar-refractivity contribution in [2.75, 3.05) is 31.6 Å². The first-order chi connectivity index (χ1) is 11.0. The molecule has 130 valence electrons. The Morgan fingerprint density at radius 2 is 1.96 bits per heavy atom. The standard InChI is InChI=1S/C14H24N3O5P/c1-3-21-23(20,22-4-2)11-12-6-7-13(16-9-5-8-15)14(10-12)17(18)19/h6-7,10,16H,3-5,8-9,11,15H2,1-2H3. The van der Waals surface area contributed by atoms with Crippen LogP contribution in [0.1, 0.15) is 25.8 Å². The molecule has 8 nitrogen and oxygen atoms in total. The van der Waals surface area contributed by atoms with Crippen LogP contribution in [0.2, 0.25) is 0 Å². The maximum Gasteiger partial charge on any atom is 0.335 e. The van der Waals surface area contributed by atoms with E-state index in [1.165, 1.54) is 6.07 Å². The van der Waals surface area contributed by atoms with Crippen molar-refractivity contribution in [2.45, 2.75) is 26.4 Å². The summed E-state index contributed by atoms with van der Waals surface area (Å²) in [6, 6.07) is 4.68. The van der Waals surface area contributed by atoms with Crippen LogP contribution in [0, 0.1) is 10.1 Å². The third-order valence-corrected chi connectivity index (χ3v) is 5.04. The molecule has 23 heavy (non-hydrogen) atoms. The number of rotatable bonds is 11. The SMILES string of the molecule is CCOP(=O)(Cc1ccc(NCCCN)c([N+](=O)[O-])c1)OCC. The van der Waals surface area contributed by atoms with Gasteiger partial charge in [-0.25, -0.2) is 0 Å². The van der Waals surface area contributed by atoms with Gasteiger partial charge in [-0.1, -0.05) is 6.07 Å². The highest BCUT2D eigenvalue weighted by Gasteiger charge is 2.25. The van der Waals surface area contributed by atoms with Gasteiger partial charge in [-0.3, -0.25) is 14.7 Å². The lowest BCUT2D eigenvalue weighted by atomic mass is 10.2. The van der Waals surface area contributed by atoms with Crippen LogP contribution in [0.25, 0.3) is 0 Å². The van der Waals surface area contributed by atoms with E-state index in [0.717, 1.165) is 0 Å². The van der Waals surface area contributed by atoms with Gasteiger partial charge in [0.2, 0.25) is 0 Å². The smallest absolute Gasteiger partial charge is 0.335 e. The normalized spacial score (nSPS) is 11.4. The topological polar surface area (TPSA) is 117 Å². The molecular weight excluding hydrogens is 321 g/mol.